The fourth-order valence-corrected chi connectivity index (χ4v) is 4.88. The lowest BCUT2D eigenvalue weighted by Crippen LogP contribution is -2.47. The molecule has 0 bridgehead atoms. The van der Waals surface area contributed by atoms with Crippen LogP contribution < -0.4 is 5.32 Å². The second-order valence-corrected chi connectivity index (χ2v) is 10.6. The van der Waals surface area contributed by atoms with Crippen molar-refractivity contribution in [1.29, 1.82) is 0 Å². The summed E-state index contributed by atoms with van der Waals surface area (Å²) in [6.45, 7) is 9.39. The van der Waals surface area contributed by atoms with E-state index in [4.69, 9.17) is 4.74 Å². The van der Waals surface area contributed by atoms with Crippen LogP contribution in [0.1, 0.15) is 79.6 Å². The Balaban J connectivity index is 2.71. The number of rotatable bonds is 10. The van der Waals surface area contributed by atoms with Crippen molar-refractivity contribution >= 4 is 23.8 Å². The van der Waals surface area contributed by atoms with E-state index in [1.54, 1.807) is 20.8 Å². The van der Waals surface area contributed by atoms with Gasteiger partial charge in [0.2, 0.25) is 0 Å². The summed E-state index contributed by atoms with van der Waals surface area (Å²) in [7, 11) is 0. The molecule has 0 aromatic carbocycles. The van der Waals surface area contributed by atoms with Gasteiger partial charge >= 0.3 is 12.1 Å². The summed E-state index contributed by atoms with van der Waals surface area (Å²) in [6.07, 6.45) is 5.74. The van der Waals surface area contributed by atoms with Crippen molar-refractivity contribution in [3.63, 3.8) is 0 Å². The number of hydrogen-bond acceptors (Lipinski definition) is 5. The van der Waals surface area contributed by atoms with Crippen LogP contribution in [0.5, 0.6) is 0 Å². The zero-order chi connectivity index (χ0) is 21.3. The minimum absolute atomic E-state index is 0.267. The summed E-state index contributed by atoms with van der Waals surface area (Å²) in [5, 5.41) is 22.5. The molecule has 0 aromatic heterocycles. The predicted molar refractivity (Wildman–Crippen MR) is 114 cm³/mol. The smallest absolute Gasteiger partial charge is 0.407 e. The van der Waals surface area contributed by atoms with Crippen molar-refractivity contribution in [3.8, 4) is 0 Å². The van der Waals surface area contributed by atoms with Gasteiger partial charge in [0.15, 0.2) is 0 Å². The van der Waals surface area contributed by atoms with Crippen LogP contribution in [0.2, 0.25) is 0 Å². The summed E-state index contributed by atoms with van der Waals surface area (Å²) in [5.74, 6) is 0.161. The number of carbonyl (C=O) groups is 2. The quantitative estimate of drug-likeness (QED) is 0.486. The molecule has 0 heterocycles. The number of alkyl carbamates (subject to hydrolysis) is 1. The van der Waals surface area contributed by atoms with Gasteiger partial charge in [0, 0.05) is 5.75 Å². The van der Waals surface area contributed by atoms with E-state index < -0.39 is 35.1 Å². The molecule has 1 amide bonds. The SMILES string of the molecule is CC(C)C[C@H](SC[C@@H](O)[C@H](CC1CCCCC1)NC(=O)OC(C)(C)C)C(=O)O. The Morgan fingerprint density at radius 2 is 1.79 bits per heavy atom. The number of hydrogen-bond donors (Lipinski definition) is 3. The molecule has 1 fully saturated rings. The number of nitrogens with one attached hydrogen (secondary N) is 1. The molecule has 164 valence electrons. The van der Waals surface area contributed by atoms with Crippen molar-refractivity contribution in [2.24, 2.45) is 11.8 Å². The summed E-state index contributed by atoms with van der Waals surface area (Å²) in [5.41, 5.74) is -0.606. The van der Waals surface area contributed by atoms with Gasteiger partial charge in [0.1, 0.15) is 10.9 Å². The molecule has 0 saturated heterocycles. The van der Waals surface area contributed by atoms with Crippen LogP contribution >= 0.6 is 11.8 Å². The fourth-order valence-electron chi connectivity index (χ4n) is 3.55. The maximum absolute atomic E-state index is 12.3. The molecule has 0 aromatic rings. The molecular weight excluding hydrogens is 378 g/mol. The highest BCUT2D eigenvalue weighted by molar-refractivity contribution is 8.00. The van der Waals surface area contributed by atoms with E-state index in [0.717, 1.165) is 12.8 Å². The molecule has 1 aliphatic rings. The summed E-state index contributed by atoms with van der Waals surface area (Å²) in [4.78, 5) is 23.7. The highest BCUT2D eigenvalue weighted by atomic mass is 32.2. The van der Waals surface area contributed by atoms with Gasteiger partial charge in [-0.2, -0.15) is 0 Å². The van der Waals surface area contributed by atoms with Gasteiger partial charge in [-0.1, -0.05) is 46.0 Å². The van der Waals surface area contributed by atoms with Crippen LogP contribution in [0.4, 0.5) is 4.79 Å². The zero-order valence-corrected chi connectivity index (χ0v) is 18.9. The summed E-state index contributed by atoms with van der Waals surface area (Å²) < 4.78 is 5.36. The zero-order valence-electron chi connectivity index (χ0n) is 18.1. The van der Waals surface area contributed by atoms with Crippen molar-refractivity contribution in [3.05, 3.63) is 0 Å². The molecule has 1 aliphatic carbocycles. The van der Waals surface area contributed by atoms with Crippen molar-refractivity contribution < 1.29 is 24.5 Å². The van der Waals surface area contributed by atoms with Gasteiger partial charge < -0.3 is 20.3 Å². The van der Waals surface area contributed by atoms with E-state index in [1.807, 2.05) is 13.8 Å². The number of thioether (sulfide) groups is 1. The minimum Gasteiger partial charge on any atom is -0.480 e. The molecular formula is C21H39NO5S. The predicted octanol–water partition coefficient (Wildman–Crippen LogP) is 4.44. The molecule has 1 saturated carbocycles. The molecule has 0 aliphatic heterocycles. The first kappa shape index (κ1) is 25.1. The number of carboxylic acid groups (broad SMARTS) is 1. The van der Waals surface area contributed by atoms with Crippen molar-refractivity contribution in [2.75, 3.05) is 5.75 Å². The van der Waals surface area contributed by atoms with Crippen LogP contribution in [-0.2, 0) is 9.53 Å². The van der Waals surface area contributed by atoms with Gasteiger partial charge in [-0.05, 0) is 45.4 Å². The van der Waals surface area contributed by atoms with Crippen LogP contribution in [0.3, 0.4) is 0 Å². The Kier molecular flexibility index (Phi) is 10.7. The Morgan fingerprint density at radius 3 is 2.29 bits per heavy atom. The summed E-state index contributed by atoms with van der Waals surface area (Å²) in [6, 6.07) is -0.432. The number of aliphatic carboxylic acids is 1. The van der Waals surface area contributed by atoms with Crippen molar-refractivity contribution in [2.45, 2.75) is 103 Å². The van der Waals surface area contributed by atoms with Crippen LogP contribution in [0.15, 0.2) is 0 Å². The van der Waals surface area contributed by atoms with Gasteiger partial charge in [0.05, 0.1) is 12.1 Å². The molecule has 7 heteroatoms. The van der Waals surface area contributed by atoms with Crippen molar-refractivity contribution in [1.82, 2.24) is 5.32 Å². The third-order valence-corrected chi connectivity index (χ3v) is 6.24. The monoisotopic (exact) mass is 417 g/mol. The minimum atomic E-state index is -0.852. The second kappa shape index (κ2) is 11.9. The van der Waals surface area contributed by atoms with E-state index in [9.17, 15) is 19.8 Å². The van der Waals surface area contributed by atoms with Gasteiger partial charge in [-0.3, -0.25) is 4.79 Å². The normalized spacial score (nSPS) is 19.1. The number of aliphatic hydroxyl groups excluding tert-OH is 1. The molecule has 1 rings (SSSR count). The number of ether oxygens (including phenoxy) is 1. The lowest BCUT2D eigenvalue weighted by atomic mass is 9.84. The lowest BCUT2D eigenvalue weighted by molar-refractivity contribution is -0.136. The fraction of sp³-hybridized carbons (Fsp3) is 0.905. The first-order chi connectivity index (χ1) is 13.0. The lowest BCUT2D eigenvalue weighted by Gasteiger charge is -2.31. The largest absolute Gasteiger partial charge is 0.480 e. The molecule has 3 atom stereocenters. The summed E-state index contributed by atoms with van der Waals surface area (Å²) >= 11 is 1.26. The topological polar surface area (TPSA) is 95.9 Å². The first-order valence-corrected chi connectivity index (χ1v) is 11.5. The maximum Gasteiger partial charge on any atom is 0.407 e. The van der Waals surface area contributed by atoms with E-state index in [1.165, 1.54) is 31.0 Å². The van der Waals surface area contributed by atoms with Crippen LogP contribution in [0.25, 0.3) is 0 Å². The van der Waals surface area contributed by atoms with Gasteiger partial charge in [-0.15, -0.1) is 11.8 Å². The van der Waals surface area contributed by atoms with E-state index >= 15 is 0 Å². The third kappa shape index (κ3) is 10.6. The Bertz CT molecular complexity index is 486. The number of carboxylic acids is 1. The van der Waals surface area contributed by atoms with E-state index in [2.05, 4.69) is 5.32 Å². The average Bonchev–Trinajstić information content (AvgIpc) is 2.56. The second-order valence-electron chi connectivity index (χ2n) is 9.35. The standard InChI is InChI=1S/C21H39NO5S/c1-14(2)11-18(19(24)25)28-13-17(23)16(12-15-9-7-6-8-10-15)22-20(26)27-21(3,4)5/h14-18,23H,6-13H2,1-5H3,(H,22,26)(H,24,25)/t16-,17+,18-/m0/s1. The molecule has 0 spiro atoms. The number of carbonyl (C=O) groups excluding carboxylic acids is 1. The number of aliphatic hydroxyl groups is 1. The molecule has 6 nitrogen and oxygen atoms in total. The van der Waals surface area contributed by atoms with Crippen LogP contribution in [0, 0.1) is 11.8 Å². The maximum atomic E-state index is 12.3. The Morgan fingerprint density at radius 1 is 1.18 bits per heavy atom. The molecule has 0 radical (unpaired) electrons. The van der Waals surface area contributed by atoms with E-state index in [0.29, 0.717) is 18.8 Å². The third-order valence-electron chi connectivity index (χ3n) is 4.91. The molecule has 28 heavy (non-hydrogen) atoms. The van der Waals surface area contributed by atoms with Crippen LogP contribution in [-0.4, -0.2) is 51.0 Å². The molecule has 3 N–H and O–H groups in total. The Hall–Kier alpha value is -0.950. The molecule has 0 unspecified atom stereocenters. The highest BCUT2D eigenvalue weighted by Gasteiger charge is 2.29. The number of amides is 1. The first-order valence-electron chi connectivity index (χ1n) is 10.5. The average molecular weight is 418 g/mol. The van der Waals surface area contributed by atoms with Gasteiger partial charge in [-0.25, -0.2) is 4.79 Å². The van der Waals surface area contributed by atoms with Gasteiger partial charge in [0.25, 0.3) is 0 Å². The van der Waals surface area contributed by atoms with E-state index in [-0.39, 0.29) is 11.7 Å². The Labute approximate surface area is 174 Å². The highest BCUT2D eigenvalue weighted by Crippen LogP contribution is 2.29.